The molecule has 0 unspecified atom stereocenters. The van der Waals surface area contributed by atoms with Gasteiger partial charge in [0, 0.05) is 50.9 Å². The fraction of sp³-hybridized carbons (Fsp3) is 0.611. The lowest BCUT2D eigenvalue weighted by Gasteiger charge is -2.36. The molecule has 0 radical (unpaired) electrons. The van der Waals surface area contributed by atoms with Gasteiger partial charge in [-0.3, -0.25) is 4.90 Å². The highest BCUT2D eigenvalue weighted by Crippen LogP contribution is 2.27. The van der Waals surface area contributed by atoms with Crippen molar-refractivity contribution in [2.45, 2.75) is 38.3 Å². The molecule has 5 nitrogen and oxygen atoms in total. The molecule has 0 saturated heterocycles. The number of fused-ring (bicyclic) bond motifs is 3. The maximum Gasteiger partial charge on any atom is 0.111 e. The number of nitrogens with one attached hydrogen (secondary N) is 2. The van der Waals surface area contributed by atoms with Gasteiger partial charge in [0.25, 0.3) is 0 Å². The lowest BCUT2D eigenvalue weighted by Crippen LogP contribution is -2.41. The van der Waals surface area contributed by atoms with Gasteiger partial charge in [-0.25, -0.2) is 4.98 Å². The van der Waals surface area contributed by atoms with Crippen LogP contribution in [0.1, 0.15) is 25.1 Å². The van der Waals surface area contributed by atoms with Crippen molar-refractivity contribution in [1.82, 2.24) is 19.8 Å². The van der Waals surface area contributed by atoms with Crippen LogP contribution < -0.4 is 10.6 Å². The molecule has 2 heterocycles. The molecule has 124 valence electrons. The summed E-state index contributed by atoms with van der Waals surface area (Å²) in [5.74, 6) is 1.26. The van der Waals surface area contributed by atoms with Gasteiger partial charge in [-0.1, -0.05) is 6.42 Å². The molecule has 0 spiro atoms. The normalized spacial score (nSPS) is 19.3. The zero-order valence-electron chi connectivity index (χ0n) is 14.0. The first-order valence-electron chi connectivity index (χ1n) is 8.97. The van der Waals surface area contributed by atoms with E-state index in [4.69, 9.17) is 4.98 Å². The number of hydrogen-bond acceptors (Lipinski definition) is 4. The van der Waals surface area contributed by atoms with Crippen molar-refractivity contribution in [3.8, 4) is 0 Å². The van der Waals surface area contributed by atoms with E-state index in [1.807, 2.05) is 7.05 Å². The molecular formula is C18H27N5. The van der Waals surface area contributed by atoms with E-state index in [1.54, 1.807) is 0 Å². The minimum absolute atomic E-state index is 0.842. The van der Waals surface area contributed by atoms with E-state index in [-0.39, 0.29) is 0 Å². The Morgan fingerprint density at radius 2 is 2.09 bits per heavy atom. The summed E-state index contributed by atoms with van der Waals surface area (Å²) < 4.78 is 2.44. The lowest BCUT2D eigenvalue weighted by molar-refractivity contribution is 0.130. The monoisotopic (exact) mass is 313 g/mol. The summed E-state index contributed by atoms with van der Waals surface area (Å²) in [6, 6.07) is 7.44. The van der Waals surface area contributed by atoms with Crippen molar-refractivity contribution < 1.29 is 0 Å². The van der Waals surface area contributed by atoms with Crippen LogP contribution in [0, 0.1) is 0 Å². The number of hydrogen-bond donors (Lipinski definition) is 2. The first-order valence-corrected chi connectivity index (χ1v) is 8.97. The number of imidazole rings is 1. The van der Waals surface area contributed by atoms with Gasteiger partial charge >= 0.3 is 0 Å². The second-order valence-electron chi connectivity index (χ2n) is 6.78. The van der Waals surface area contributed by atoms with E-state index < -0.39 is 0 Å². The van der Waals surface area contributed by atoms with Crippen LogP contribution in [-0.4, -0.2) is 53.7 Å². The summed E-state index contributed by atoms with van der Waals surface area (Å²) in [6.45, 7) is 5.32. The molecule has 4 rings (SSSR count). The first kappa shape index (κ1) is 15.0. The zero-order chi connectivity index (χ0) is 15.6. The van der Waals surface area contributed by atoms with Crippen LogP contribution in [0.3, 0.4) is 0 Å². The average molecular weight is 313 g/mol. The summed E-state index contributed by atoms with van der Waals surface area (Å²) >= 11 is 0. The summed E-state index contributed by atoms with van der Waals surface area (Å²) in [4.78, 5) is 7.60. The predicted molar refractivity (Wildman–Crippen MR) is 95.1 cm³/mol. The predicted octanol–water partition coefficient (Wildman–Crippen LogP) is 2.08. The Bertz CT molecular complexity index is 673. The third-order valence-electron chi connectivity index (χ3n) is 5.36. The Balaban J connectivity index is 1.52. The quantitative estimate of drug-likeness (QED) is 0.830. The number of benzene rings is 1. The molecule has 5 heteroatoms. The summed E-state index contributed by atoms with van der Waals surface area (Å²) in [5.41, 5.74) is 3.58. The van der Waals surface area contributed by atoms with Gasteiger partial charge in [0.05, 0.1) is 11.0 Å². The molecule has 2 aromatic rings. The van der Waals surface area contributed by atoms with E-state index in [0.29, 0.717) is 0 Å². The first-order chi connectivity index (χ1) is 11.3. The fourth-order valence-corrected chi connectivity index (χ4v) is 3.76. The average Bonchev–Trinajstić information content (AvgIpc) is 2.73. The molecule has 2 N–H and O–H groups in total. The standard InChI is InChI=1S/C18H27N5/c1-19-8-9-20-14-5-6-17-16(13-14)21-18-7-10-22(11-12-23(17)18)15-3-2-4-15/h5-6,13,15,19-20H,2-4,7-12H2,1H3. The number of likely N-dealkylation sites (N-methyl/N-ethyl adjacent to an activating group) is 1. The fourth-order valence-electron chi connectivity index (χ4n) is 3.76. The van der Waals surface area contributed by atoms with Gasteiger partial charge in [0.1, 0.15) is 5.82 Å². The smallest absolute Gasteiger partial charge is 0.111 e. The van der Waals surface area contributed by atoms with Gasteiger partial charge in [0.15, 0.2) is 0 Å². The van der Waals surface area contributed by atoms with Crippen LogP contribution >= 0.6 is 0 Å². The molecule has 1 aromatic heterocycles. The highest BCUT2D eigenvalue weighted by molar-refractivity contribution is 5.80. The topological polar surface area (TPSA) is 45.1 Å². The molecule has 1 aromatic carbocycles. The number of nitrogens with zero attached hydrogens (tertiary/aromatic N) is 3. The van der Waals surface area contributed by atoms with Crippen LogP contribution in [0.25, 0.3) is 11.0 Å². The van der Waals surface area contributed by atoms with E-state index in [1.165, 1.54) is 43.7 Å². The summed E-state index contributed by atoms with van der Waals surface area (Å²) in [7, 11) is 1.98. The maximum absolute atomic E-state index is 4.92. The van der Waals surface area contributed by atoms with E-state index in [9.17, 15) is 0 Å². The van der Waals surface area contributed by atoms with Gasteiger partial charge in [-0.15, -0.1) is 0 Å². The largest absolute Gasteiger partial charge is 0.384 e. The summed E-state index contributed by atoms with van der Waals surface area (Å²) in [6.07, 6.45) is 5.28. The van der Waals surface area contributed by atoms with E-state index in [0.717, 1.165) is 43.3 Å². The third kappa shape index (κ3) is 2.95. The van der Waals surface area contributed by atoms with E-state index in [2.05, 4.69) is 38.3 Å². The minimum atomic E-state index is 0.842. The molecule has 0 bridgehead atoms. The second kappa shape index (κ2) is 6.49. The highest BCUT2D eigenvalue weighted by atomic mass is 15.2. The van der Waals surface area contributed by atoms with Crippen LogP contribution in [0.2, 0.25) is 0 Å². The molecule has 1 aliphatic heterocycles. The molecular weight excluding hydrogens is 286 g/mol. The van der Waals surface area contributed by atoms with Gasteiger partial charge in [0.2, 0.25) is 0 Å². The third-order valence-corrected chi connectivity index (χ3v) is 5.36. The minimum Gasteiger partial charge on any atom is -0.384 e. The second-order valence-corrected chi connectivity index (χ2v) is 6.78. The number of rotatable bonds is 5. The van der Waals surface area contributed by atoms with Gasteiger partial charge < -0.3 is 15.2 Å². The Labute approximate surface area is 138 Å². The van der Waals surface area contributed by atoms with Crippen molar-refractivity contribution in [2.75, 3.05) is 38.5 Å². The lowest BCUT2D eigenvalue weighted by atomic mass is 9.91. The summed E-state index contributed by atoms with van der Waals surface area (Å²) in [5, 5.41) is 6.61. The molecule has 1 aliphatic carbocycles. The molecule has 1 fully saturated rings. The molecule has 0 amide bonds. The SMILES string of the molecule is CNCCNc1ccc2c(c1)nc1n2CCN(C2CCC2)CC1. The van der Waals surface area contributed by atoms with Crippen molar-refractivity contribution in [3.05, 3.63) is 24.0 Å². The maximum atomic E-state index is 4.92. The van der Waals surface area contributed by atoms with Crippen molar-refractivity contribution in [3.63, 3.8) is 0 Å². The Morgan fingerprint density at radius 3 is 2.87 bits per heavy atom. The Morgan fingerprint density at radius 1 is 1.17 bits per heavy atom. The molecule has 2 aliphatic rings. The van der Waals surface area contributed by atoms with Crippen molar-refractivity contribution >= 4 is 16.7 Å². The van der Waals surface area contributed by atoms with Crippen molar-refractivity contribution in [2.24, 2.45) is 0 Å². The van der Waals surface area contributed by atoms with Crippen LogP contribution in [0.4, 0.5) is 5.69 Å². The Kier molecular flexibility index (Phi) is 4.23. The van der Waals surface area contributed by atoms with E-state index >= 15 is 0 Å². The number of aromatic nitrogens is 2. The zero-order valence-corrected chi connectivity index (χ0v) is 14.0. The van der Waals surface area contributed by atoms with Gasteiger partial charge in [-0.05, 0) is 38.1 Å². The Hall–Kier alpha value is -1.59. The van der Waals surface area contributed by atoms with Gasteiger partial charge in [-0.2, -0.15) is 0 Å². The molecule has 23 heavy (non-hydrogen) atoms. The highest BCUT2D eigenvalue weighted by Gasteiger charge is 2.27. The number of anilines is 1. The van der Waals surface area contributed by atoms with Crippen LogP contribution in [0.15, 0.2) is 18.2 Å². The van der Waals surface area contributed by atoms with Crippen LogP contribution in [0.5, 0.6) is 0 Å². The van der Waals surface area contributed by atoms with Crippen LogP contribution in [-0.2, 0) is 13.0 Å². The molecule has 0 atom stereocenters. The molecule has 1 saturated carbocycles. The van der Waals surface area contributed by atoms with Crippen molar-refractivity contribution in [1.29, 1.82) is 0 Å².